The molecule has 2 heterocycles. The SMILES string of the molecule is C=C1NC(=O)N(c2cc(Cl)c(Oc3ccc4c(c3)C(C)(C)CNC4=O)c(Cl)c2)N=C1C#N. The first-order chi connectivity index (χ1) is 15.1. The van der Waals surface area contributed by atoms with Crippen LogP contribution in [0.3, 0.4) is 0 Å². The summed E-state index contributed by atoms with van der Waals surface area (Å²) in [4.78, 5) is 24.4. The highest BCUT2D eigenvalue weighted by atomic mass is 35.5. The van der Waals surface area contributed by atoms with Crippen molar-refractivity contribution in [2.24, 2.45) is 5.10 Å². The molecule has 0 saturated heterocycles. The topological polar surface area (TPSA) is 107 Å². The van der Waals surface area contributed by atoms with Crippen molar-refractivity contribution >= 4 is 46.5 Å². The molecule has 2 aromatic rings. The van der Waals surface area contributed by atoms with Crippen LogP contribution in [-0.4, -0.2) is 24.2 Å². The van der Waals surface area contributed by atoms with Crippen molar-refractivity contribution < 1.29 is 14.3 Å². The lowest BCUT2D eigenvalue weighted by Crippen LogP contribution is -2.43. The fourth-order valence-electron chi connectivity index (χ4n) is 3.43. The van der Waals surface area contributed by atoms with Gasteiger partial charge in [-0.05, 0) is 35.9 Å². The minimum atomic E-state index is -0.606. The fraction of sp³-hybridized carbons (Fsp3) is 0.182. The number of nitrogens with zero attached hydrogens (tertiary/aromatic N) is 3. The molecule has 0 unspecified atom stereocenters. The third-order valence-corrected chi connectivity index (χ3v) is 5.71. The lowest BCUT2D eigenvalue weighted by molar-refractivity contribution is 0.0929. The van der Waals surface area contributed by atoms with Crippen LogP contribution in [-0.2, 0) is 5.41 Å². The summed E-state index contributed by atoms with van der Waals surface area (Å²) in [7, 11) is 0. The fourth-order valence-corrected chi connectivity index (χ4v) is 3.99. The smallest absolute Gasteiger partial charge is 0.347 e. The van der Waals surface area contributed by atoms with Gasteiger partial charge in [0.05, 0.1) is 21.4 Å². The molecular weight excluding hydrogens is 453 g/mol. The molecular formula is C22H17Cl2N5O3. The second kappa shape index (κ2) is 7.86. The monoisotopic (exact) mass is 469 g/mol. The summed E-state index contributed by atoms with van der Waals surface area (Å²) in [5.41, 5.74) is 1.47. The number of urea groups is 1. The minimum absolute atomic E-state index is 0.0436. The summed E-state index contributed by atoms with van der Waals surface area (Å²) in [6.07, 6.45) is 0. The van der Waals surface area contributed by atoms with E-state index < -0.39 is 6.03 Å². The third kappa shape index (κ3) is 3.77. The number of hydrogen-bond acceptors (Lipinski definition) is 5. The number of allylic oxidation sites excluding steroid dienone is 1. The van der Waals surface area contributed by atoms with E-state index in [0.29, 0.717) is 17.9 Å². The Kier molecular flexibility index (Phi) is 5.33. The maximum absolute atomic E-state index is 12.3. The first-order valence-electron chi connectivity index (χ1n) is 9.49. The van der Waals surface area contributed by atoms with E-state index in [1.54, 1.807) is 18.2 Å². The largest absolute Gasteiger partial charge is 0.454 e. The molecule has 0 spiro atoms. The number of halogens is 2. The third-order valence-electron chi connectivity index (χ3n) is 5.15. The number of hydrazone groups is 1. The lowest BCUT2D eigenvalue weighted by atomic mass is 9.79. The molecule has 2 aliphatic heterocycles. The Balaban J connectivity index is 1.68. The Hall–Kier alpha value is -3.54. The quantitative estimate of drug-likeness (QED) is 0.677. The zero-order valence-corrected chi connectivity index (χ0v) is 18.6. The normalized spacial score (nSPS) is 17.0. The molecule has 0 saturated carbocycles. The zero-order valence-electron chi connectivity index (χ0n) is 17.1. The molecule has 2 aliphatic rings. The number of anilines is 1. The highest BCUT2D eigenvalue weighted by Crippen LogP contribution is 2.41. The number of benzene rings is 2. The maximum atomic E-state index is 12.3. The molecule has 0 radical (unpaired) electrons. The number of ether oxygens (including phenoxy) is 1. The maximum Gasteiger partial charge on any atom is 0.347 e. The van der Waals surface area contributed by atoms with E-state index >= 15 is 0 Å². The van der Waals surface area contributed by atoms with Gasteiger partial charge in [-0.15, -0.1) is 0 Å². The van der Waals surface area contributed by atoms with Gasteiger partial charge in [0.2, 0.25) is 0 Å². The van der Waals surface area contributed by atoms with E-state index in [1.165, 1.54) is 12.1 Å². The molecule has 2 aromatic carbocycles. The summed E-state index contributed by atoms with van der Waals surface area (Å²) < 4.78 is 5.95. The second-order valence-corrected chi connectivity index (χ2v) is 8.71. The molecule has 0 atom stereocenters. The van der Waals surface area contributed by atoms with Gasteiger partial charge in [0.25, 0.3) is 5.91 Å². The van der Waals surface area contributed by atoms with Gasteiger partial charge in [-0.2, -0.15) is 15.4 Å². The van der Waals surface area contributed by atoms with Gasteiger partial charge >= 0.3 is 6.03 Å². The van der Waals surface area contributed by atoms with Crippen molar-refractivity contribution in [3.05, 3.63) is 63.8 Å². The molecule has 0 bridgehead atoms. The molecule has 0 aliphatic carbocycles. The van der Waals surface area contributed by atoms with E-state index in [0.717, 1.165) is 10.6 Å². The molecule has 4 rings (SSSR count). The van der Waals surface area contributed by atoms with Crippen molar-refractivity contribution in [3.8, 4) is 17.6 Å². The molecule has 0 fully saturated rings. The van der Waals surface area contributed by atoms with Crippen molar-refractivity contribution in [1.29, 1.82) is 5.26 Å². The zero-order chi connectivity index (χ0) is 23.2. The Morgan fingerprint density at radius 3 is 2.56 bits per heavy atom. The number of nitriles is 1. The molecule has 3 amide bonds. The summed E-state index contributed by atoms with van der Waals surface area (Å²) in [5, 5.41) is 19.7. The number of amides is 3. The van der Waals surface area contributed by atoms with Gasteiger partial charge < -0.3 is 15.4 Å². The Morgan fingerprint density at radius 2 is 1.91 bits per heavy atom. The van der Waals surface area contributed by atoms with Gasteiger partial charge in [0, 0.05) is 17.5 Å². The van der Waals surface area contributed by atoms with E-state index in [2.05, 4.69) is 22.3 Å². The molecule has 10 heteroatoms. The molecule has 2 N–H and O–H groups in total. The first kappa shape index (κ1) is 21.7. The molecule has 162 valence electrons. The van der Waals surface area contributed by atoms with Crippen molar-refractivity contribution in [2.75, 3.05) is 11.6 Å². The molecule has 0 aromatic heterocycles. The van der Waals surface area contributed by atoms with Gasteiger partial charge in [-0.3, -0.25) is 4.79 Å². The highest BCUT2D eigenvalue weighted by Gasteiger charge is 2.32. The predicted octanol–water partition coefficient (Wildman–Crippen LogP) is 4.73. The summed E-state index contributed by atoms with van der Waals surface area (Å²) >= 11 is 12.8. The van der Waals surface area contributed by atoms with Crippen LogP contribution in [0.15, 0.2) is 47.7 Å². The number of carbonyl (C=O) groups excluding carboxylic acids is 2. The first-order valence-corrected chi connectivity index (χ1v) is 10.2. The average Bonchev–Trinajstić information content (AvgIpc) is 2.74. The van der Waals surface area contributed by atoms with E-state index in [1.807, 2.05) is 19.9 Å². The number of rotatable bonds is 3. The van der Waals surface area contributed by atoms with Crippen molar-refractivity contribution in [2.45, 2.75) is 19.3 Å². The van der Waals surface area contributed by atoms with Crippen LogP contribution in [0.25, 0.3) is 0 Å². The van der Waals surface area contributed by atoms with Crippen LogP contribution in [0.1, 0.15) is 29.8 Å². The second-order valence-electron chi connectivity index (χ2n) is 7.90. The van der Waals surface area contributed by atoms with Crippen LogP contribution in [0.4, 0.5) is 10.5 Å². The van der Waals surface area contributed by atoms with Gasteiger partial charge in [-0.25, -0.2) is 4.79 Å². The van der Waals surface area contributed by atoms with Gasteiger partial charge in [0.15, 0.2) is 11.5 Å². The number of nitrogens with one attached hydrogen (secondary N) is 2. The van der Waals surface area contributed by atoms with Crippen LogP contribution < -0.4 is 20.4 Å². The van der Waals surface area contributed by atoms with Crippen molar-refractivity contribution in [1.82, 2.24) is 10.6 Å². The van der Waals surface area contributed by atoms with Crippen molar-refractivity contribution in [3.63, 3.8) is 0 Å². The highest BCUT2D eigenvalue weighted by molar-refractivity contribution is 6.37. The van der Waals surface area contributed by atoms with E-state index in [4.69, 9.17) is 33.2 Å². The standard InChI is InChI=1S/C22H17Cl2N5O3/c1-11-18(9-25)28-29(21(31)27-11)12-6-16(23)19(17(24)7-12)32-13-4-5-14-15(8-13)22(2,3)10-26-20(14)30/h4-8H,1,10H2,2-3H3,(H,26,30)(H,27,31). The van der Waals surface area contributed by atoms with Gasteiger partial charge in [-0.1, -0.05) is 43.6 Å². The van der Waals surface area contributed by atoms with Gasteiger partial charge in [0.1, 0.15) is 11.8 Å². The molecule has 32 heavy (non-hydrogen) atoms. The van der Waals surface area contributed by atoms with Crippen LogP contribution in [0.2, 0.25) is 10.0 Å². The predicted molar refractivity (Wildman–Crippen MR) is 122 cm³/mol. The average molecular weight is 470 g/mol. The Labute approximate surface area is 194 Å². The summed E-state index contributed by atoms with van der Waals surface area (Å²) in [5.74, 6) is 0.507. The number of hydrogen-bond donors (Lipinski definition) is 2. The van der Waals surface area contributed by atoms with Crippen LogP contribution >= 0.6 is 23.2 Å². The number of fused-ring (bicyclic) bond motifs is 1. The summed E-state index contributed by atoms with van der Waals surface area (Å²) in [6, 6.07) is 9.30. The molecule has 8 nitrogen and oxygen atoms in total. The Bertz CT molecular complexity index is 1240. The Morgan fingerprint density at radius 1 is 1.22 bits per heavy atom. The van der Waals surface area contributed by atoms with E-state index in [-0.39, 0.29) is 44.2 Å². The van der Waals surface area contributed by atoms with Crippen LogP contribution in [0.5, 0.6) is 11.5 Å². The number of carbonyl (C=O) groups is 2. The minimum Gasteiger partial charge on any atom is -0.454 e. The summed E-state index contributed by atoms with van der Waals surface area (Å²) in [6.45, 7) is 8.14. The van der Waals surface area contributed by atoms with E-state index in [9.17, 15) is 9.59 Å². The van der Waals surface area contributed by atoms with Crippen LogP contribution in [0, 0.1) is 11.3 Å². The lowest BCUT2D eigenvalue weighted by Gasteiger charge is -2.32.